The molecule has 0 aliphatic carbocycles. The zero-order valence-corrected chi connectivity index (χ0v) is 12.4. The molecule has 0 spiro atoms. The molecule has 22 heavy (non-hydrogen) atoms. The molecule has 0 fully saturated rings. The SMILES string of the molecule is C=C(CC(=O)O)C(=O)N[C@@H](Cc1ccccc1)C(=O)OCC. The Morgan fingerprint density at radius 2 is 1.91 bits per heavy atom. The molecule has 0 radical (unpaired) electrons. The van der Waals surface area contributed by atoms with Crippen molar-refractivity contribution in [3.8, 4) is 0 Å². The van der Waals surface area contributed by atoms with Gasteiger partial charge in [0.05, 0.1) is 13.0 Å². The van der Waals surface area contributed by atoms with Gasteiger partial charge in [0.25, 0.3) is 0 Å². The molecule has 0 heterocycles. The number of carboxylic acid groups (broad SMARTS) is 1. The van der Waals surface area contributed by atoms with Crippen molar-refractivity contribution in [3.63, 3.8) is 0 Å². The van der Waals surface area contributed by atoms with Gasteiger partial charge in [-0.25, -0.2) is 4.79 Å². The van der Waals surface area contributed by atoms with Gasteiger partial charge in [0, 0.05) is 12.0 Å². The molecule has 0 bridgehead atoms. The predicted octanol–water partition coefficient (Wildman–Crippen LogP) is 1.31. The van der Waals surface area contributed by atoms with Crippen LogP contribution in [0.2, 0.25) is 0 Å². The van der Waals surface area contributed by atoms with Crippen LogP contribution in [0.3, 0.4) is 0 Å². The number of carbonyl (C=O) groups excluding carboxylic acids is 2. The van der Waals surface area contributed by atoms with Crippen LogP contribution in [0, 0.1) is 0 Å². The average molecular weight is 305 g/mol. The summed E-state index contributed by atoms with van der Waals surface area (Å²) in [6.07, 6.45) is -0.224. The number of carbonyl (C=O) groups is 3. The lowest BCUT2D eigenvalue weighted by Gasteiger charge is -2.17. The van der Waals surface area contributed by atoms with Crippen molar-refractivity contribution in [2.45, 2.75) is 25.8 Å². The fourth-order valence-corrected chi connectivity index (χ4v) is 1.81. The Labute approximate surface area is 128 Å². The molecule has 0 saturated heterocycles. The fraction of sp³-hybridized carbons (Fsp3) is 0.312. The minimum Gasteiger partial charge on any atom is -0.481 e. The quantitative estimate of drug-likeness (QED) is 0.558. The summed E-state index contributed by atoms with van der Waals surface area (Å²) < 4.78 is 4.94. The molecular weight excluding hydrogens is 286 g/mol. The van der Waals surface area contributed by atoms with Crippen molar-refractivity contribution in [1.82, 2.24) is 5.32 Å². The van der Waals surface area contributed by atoms with Crippen molar-refractivity contribution >= 4 is 17.8 Å². The zero-order valence-electron chi connectivity index (χ0n) is 12.4. The normalized spacial score (nSPS) is 11.3. The lowest BCUT2D eigenvalue weighted by molar-refractivity contribution is -0.147. The van der Waals surface area contributed by atoms with E-state index in [2.05, 4.69) is 11.9 Å². The van der Waals surface area contributed by atoms with Gasteiger partial charge in [-0.2, -0.15) is 0 Å². The van der Waals surface area contributed by atoms with Crippen LogP contribution < -0.4 is 5.32 Å². The van der Waals surface area contributed by atoms with Crippen LogP contribution in [-0.2, 0) is 25.5 Å². The highest BCUT2D eigenvalue weighted by molar-refractivity contribution is 5.98. The number of carboxylic acids is 1. The number of nitrogens with one attached hydrogen (secondary N) is 1. The molecule has 0 saturated carbocycles. The summed E-state index contributed by atoms with van der Waals surface area (Å²) in [4.78, 5) is 34.4. The van der Waals surface area contributed by atoms with E-state index in [-0.39, 0.29) is 18.6 Å². The van der Waals surface area contributed by atoms with Crippen LogP contribution in [0.15, 0.2) is 42.5 Å². The second kappa shape index (κ2) is 8.61. The first-order valence-corrected chi connectivity index (χ1v) is 6.85. The van der Waals surface area contributed by atoms with Crippen LogP contribution in [0.5, 0.6) is 0 Å². The van der Waals surface area contributed by atoms with E-state index in [9.17, 15) is 14.4 Å². The molecule has 1 amide bonds. The van der Waals surface area contributed by atoms with Gasteiger partial charge in [0.2, 0.25) is 5.91 Å². The highest BCUT2D eigenvalue weighted by Crippen LogP contribution is 2.07. The van der Waals surface area contributed by atoms with E-state index in [0.29, 0.717) is 0 Å². The van der Waals surface area contributed by atoms with Crippen molar-refractivity contribution in [3.05, 3.63) is 48.0 Å². The lowest BCUT2D eigenvalue weighted by Crippen LogP contribution is -2.44. The molecule has 2 N–H and O–H groups in total. The number of benzene rings is 1. The number of hydrogen-bond donors (Lipinski definition) is 2. The topological polar surface area (TPSA) is 92.7 Å². The van der Waals surface area contributed by atoms with Crippen molar-refractivity contribution in [2.24, 2.45) is 0 Å². The summed E-state index contributed by atoms with van der Waals surface area (Å²) in [6.45, 7) is 5.28. The summed E-state index contributed by atoms with van der Waals surface area (Å²) in [5.74, 6) is -2.39. The molecule has 118 valence electrons. The van der Waals surface area contributed by atoms with Crippen LogP contribution >= 0.6 is 0 Å². The third-order valence-corrected chi connectivity index (χ3v) is 2.84. The van der Waals surface area contributed by atoms with E-state index in [1.165, 1.54) is 0 Å². The van der Waals surface area contributed by atoms with Crippen LogP contribution in [0.1, 0.15) is 18.9 Å². The molecular formula is C16H19NO5. The van der Waals surface area contributed by atoms with Gasteiger partial charge in [-0.15, -0.1) is 0 Å². The third kappa shape index (κ3) is 5.78. The minimum absolute atomic E-state index is 0.116. The first kappa shape index (κ1) is 17.4. The molecule has 0 aliphatic heterocycles. The van der Waals surface area contributed by atoms with E-state index in [1.807, 2.05) is 30.3 Å². The molecule has 1 aromatic rings. The minimum atomic E-state index is -1.16. The maximum Gasteiger partial charge on any atom is 0.328 e. The maximum absolute atomic E-state index is 11.9. The van der Waals surface area contributed by atoms with Gasteiger partial charge in [-0.3, -0.25) is 9.59 Å². The van der Waals surface area contributed by atoms with Gasteiger partial charge >= 0.3 is 11.9 Å². The van der Waals surface area contributed by atoms with Crippen molar-refractivity contribution < 1.29 is 24.2 Å². The molecule has 6 heteroatoms. The zero-order chi connectivity index (χ0) is 16.5. The average Bonchev–Trinajstić information content (AvgIpc) is 2.47. The van der Waals surface area contributed by atoms with Crippen LogP contribution in [-0.4, -0.2) is 35.6 Å². The first-order chi connectivity index (χ1) is 10.4. The number of aliphatic carboxylic acids is 1. The van der Waals surface area contributed by atoms with Crippen molar-refractivity contribution in [2.75, 3.05) is 6.61 Å². The fourth-order valence-electron chi connectivity index (χ4n) is 1.81. The predicted molar refractivity (Wildman–Crippen MR) is 80.1 cm³/mol. The molecule has 0 aromatic heterocycles. The molecule has 1 aromatic carbocycles. The number of esters is 1. The highest BCUT2D eigenvalue weighted by atomic mass is 16.5. The Bertz CT molecular complexity index is 553. The third-order valence-electron chi connectivity index (χ3n) is 2.84. The van der Waals surface area contributed by atoms with Gasteiger partial charge < -0.3 is 15.2 Å². The Balaban J connectivity index is 2.78. The number of hydrogen-bond acceptors (Lipinski definition) is 4. The van der Waals surface area contributed by atoms with Crippen LogP contribution in [0.25, 0.3) is 0 Å². The van der Waals surface area contributed by atoms with Gasteiger partial charge in [0.1, 0.15) is 6.04 Å². The number of rotatable bonds is 8. The van der Waals surface area contributed by atoms with E-state index in [4.69, 9.17) is 9.84 Å². The smallest absolute Gasteiger partial charge is 0.328 e. The van der Waals surface area contributed by atoms with E-state index < -0.39 is 30.3 Å². The highest BCUT2D eigenvalue weighted by Gasteiger charge is 2.24. The first-order valence-electron chi connectivity index (χ1n) is 6.85. The number of amides is 1. The molecule has 1 rings (SSSR count). The summed E-state index contributed by atoms with van der Waals surface area (Å²) in [5.41, 5.74) is 0.736. The molecule has 0 unspecified atom stereocenters. The maximum atomic E-state index is 11.9. The van der Waals surface area contributed by atoms with E-state index in [0.717, 1.165) is 5.56 Å². The second-order valence-corrected chi connectivity index (χ2v) is 4.64. The van der Waals surface area contributed by atoms with Gasteiger partial charge in [0.15, 0.2) is 0 Å². The monoisotopic (exact) mass is 305 g/mol. The van der Waals surface area contributed by atoms with Gasteiger partial charge in [-0.05, 0) is 12.5 Å². The number of ether oxygens (including phenoxy) is 1. The summed E-state index contributed by atoms with van der Waals surface area (Å²) in [6, 6.07) is 8.25. The Morgan fingerprint density at radius 1 is 1.27 bits per heavy atom. The largest absolute Gasteiger partial charge is 0.481 e. The Hall–Kier alpha value is -2.63. The van der Waals surface area contributed by atoms with Crippen LogP contribution in [0.4, 0.5) is 0 Å². The molecule has 6 nitrogen and oxygen atoms in total. The van der Waals surface area contributed by atoms with Crippen molar-refractivity contribution in [1.29, 1.82) is 0 Å². The van der Waals surface area contributed by atoms with E-state index >= 15 is 0 Å². The Morgan fingerprint density at radius 3 is 2.45 bits per heavy atom. The Kier molecular flexibility index (Phi) is 6.82. The molecule has 1 atom stereocenters. The van der Waals surface area contributed by atoms with E-state index in [1.54, 1.807) is 6.92 Å². The van der Waals surface area contributed by atoms with Gasteiger partial charge in [-0.1, -0.05) is 36.9 Å². The summed E-state index contributed by atoms with van der Waals surface area (Å²) >= 11 is 0. The molecule has 0 aliphatic rings. The lowest BCUT2D eigenvalue weighted by atomic mass is 10.1. The summed E-state index contributed by atoms with van der Waals surface area (Å²) in [5, 5.41) is 11.1. The second-order valence-electron chi connectivity index (χ2n) is 4.64. The standard InChI is InChI=1S/C16H19NO5/c1-3-22-16(21)13(10-12-7-5-4-6-8-12)17-15(20)11(2)9-14(18)19/h4-8,13H,2-3,9-10H2,1H3,(H,17,20)(H,18,19)/t13-/m0/s1. The summed E-state index contributed by atoms with van der Waals surface area (Å²) in [7, 11) is 0.